The molecular weight excluding hydrogens is 490 g/mol. The maximum absolute atomic E-state index is 13.3. The number of hydrogen-bond acceptors (Lipinski definition) is 9. The highest BCUT2D eigenvalue weighted by Gasteiger charge is 2.46. The number of thiophene rings is 1. The normalized spacial score (nSPS) is 15.8. The number of rotatable bonds is 7. The highest BCUT2D eigenvalue weighted by molar-refractivity contribution is 8.00. The van der Waals surface area contributed by atoms with Crippen LogP contribution in [0, 0.1) is 0 Å². The number of amides is 1. The van der Waals surface area contributed by atoms with Crippen molar-refractivity contribution in [2.24, 2.45) is 0 Å². The second-order valence-corrected chi connectivity index (χ2v) is 10.5. The van der Waals surface area contributed by atoms with Gasteiger partial charge in [-0.15, -0.1) is 21.5 Å². The first-order valence-corrected chi connectivity index (χ1v) is 12.8. The van der Waals surface area contributed by atoms with E-state index in [1.807, 2.05) is 30.3 Å². The van der Waals surface area contributed by atoms with E-state index in [1.54, 1.807) is 29.6 Å². The summed E-state index contributed by atoms with van der Waals surface area (Å²) in [4.78, 5) is 28.2. The quantitative estimate of drug-likeness (QED) is 0.197. The SMILES string of the molecule is O=C(C1=C(O)C(=O)N(c2nnc(SCc3ccccc3)s2)C1c1ccc(O)cc1)c1cccs1. The lowest BCUT2D eigenvalue weighted by Gasteiger charge is -2.24. The number of aromatic nitrogens is 2. The second kappa shape index (κ2) is 9.41. The minimum atomic E-state index is -0.900. The third kappa shape index (κ3) is 4.23. The number of phenolic OH excluding ortho intramolecular Hbond substituents is 1. The van der Waals surface area contributed by atoms with E-state index in [9.17, 15) is 19.8 Å². The van der Waals surface area contributed by atoms with Crippen molar-refractivity contribution in [1.29, 1.82) is 0 Å². The first-order chi connectivity index (χ1) is 16.5. The molecule has 2 aromatic heterocycles. The van der Waals surface area contributed by atoms with Crippen molar-refractivity contribution in [2.75, 3.05) is 4.90 Å². The monoisotopic (exact) mass is 507 g/mol. The second-order valence-electron chi connectivity index (χ2n) is 7.36. The molecule has 10 heteroatoms. The van der Waals surface area contributed by atoms with Crippen molar-refractivity contribution in [3.63, 3.8) is 0 Å². The molecule has 34 heavy (non-hydrogen) atoms. The molecule has 0 radical (unpaired) electrons. The van der Waals surface area contributed by atoms with Crippen LogP contribution in [0.1, 0.15) is 26.8 Å². The van der Waals surface area contributed by atoms with Gasteiger partial charge in [0, 0.05) is 5.75 Å². The van der Waals surface area contributed by atoms with Gasteiger partial charge in [-0.1, -0.05) is 71.6 Å². The minimum absolute atomic E-state index is 0.0215. The van der Waals surface area contributed by atoms with E-state index in [4.69, 9.17) is 0 Å². The fourth-order valence-electron chi connectivity index (χ4n) is 3.62. The van der Waals surface area contributed by atoms with E-state index in [2.05, 4.69) is 10.2 Å². The van der Waals surface area contributed by atoms with Gasteiger partial charge in [0.15, 0.2) is 10.1 Å². The Bertz CT molecular complexity index is 1370. The zero-order valence-electron chi connectivity index (χ0n) is 17.5. The predicted octanol–water partition coefficient (Wildman–Crippen LogP) is 5.38. The molecule has 2 N–H and O–H groups in total. The van der Waals surface area contributed by atoms with Crippen LogP contribution in [-0.4, -0.2) is 32.1 Å². The van der Waals surface area contributed by atoms with Crippen LogP contribution in [0.15, 0.2) is 87.8 Å². The maximum atomic E-state index is 13.3. The van der Waals surface area contributed by atoms with Gasteiger partial charge in [0.05, 0.1) is 16.5 Å². The van der Waals surface area contributed by atoms with Gasteiger partial charge in [-0.2, -0.15) is 0 Å². The summed E-state index contributed by atoms with van der Waals surface area (Å²) in [5, 5.41) is 31.0. The van der Waals surface area contributed by atoms with Gasteiger partial charge in [-0.25, -0.2) is 0 Å². The standard InChI is InChI=1S/C24H17N3O4S3/c28-16-10-8-15(9-11-16)19-18(20(29)17-7-4-12-32-17)21(30)22(31)27(19)23-25-26-24(34-23)33-13-14-5-2-1-3-6-14/h1-12,19,28,30H,13H2. The van der Waals surface area contributed by atoms with Crippen LogP contribution in [-0.2, 0) is 10.5 Å². The minimum Gasteiger partial charge on any atom is -0.508 e. The summed E-state index contributed by atoms with van der Waals surface area (Å²) in [5.41, 5.74) is 1.67. The highest BCUT2D eigenvalue weighted by atomic mass is 32.2. The molecule has 1 aliphatic heterocycles. The largest absolute Gasteiger partial charge is 0.508 e. The Kier molecular flexibility index (Phi) is 6.18. The van der Waals surface area contributed by atoms with Crippen molar-refractivity contribution in [3.05, 3.63) is 99.4 Å². The van der Waals surface area contributed by atoms with Crippen molar-refractivity contribution in [1.82, 2.24) is 10.2 Å². The van der Waals surface area contributed by atoms with Crippen molar-refractivity contribution < 1.29 is 19.8 Å². The number of carbonyl (C=O) groups excluding carboxylic acids is 2. The Labute approximate surface area is 207 Å². The number of carbonyl (C=O) groups is 2. The number of Topliss-reactive ketones (excluding diaryl/α,β-unsaturated/α-hetero) is 1. The molecule has 1 unspecified atom stereocenters. The molecule has 2 aromatic carbocycles. The topological polar surface area (TPSA) is 104 Å². The Hall–Kier alpha value is -3.47. The lowest BCUT2D eigenvalue weighted by Crippen LogP contribution is -2.30. The smallest absolute Gasteiger partial charge is 0.296 e. The van der Waals surface area contributed by atoms with Gasteiger partial charge in [0.1, 0.15) is 5.75 Å². The zero-order chi connectivity index (χ0) is 23.7. The molecule has 0 spiro atoms. The fraction of sp³-hybridized carbons (Fsp3) is 0.0833. The van der Waals surface area contributed by atoms with Gasteiger partial charge < -0.3 is 10.2 Å². The van der Waals surface area contributed by atoms with Gasteiger partial charge in [0.2, 0.25) is 10.9 Å². The number of anilines is 1. The van der Waals surface area contributed by atoms with Crippen LogP contribution in [0.3, 0.4) is 0 Å². The average Bonchev–Trinajstić information content (AvgIpc) is 3.60. The molecule has 3 heterocycles. The molecule has 5 rings (SSSR count). The first kappa shape index (κ1) is 22.3. The summed E-state index contributed by atoms with van der Waals surface area (Å²) in [6.45, 7) is 0. The summed E-state index contributed by atoms with van der Waals surface area (Å²) in [6.07, 6.45) is 0. The highest BCUT2D eigenvalue weighted by Crippen LogP contribution is 2.44. The first-order valence-electron chi connectivity index (χ1n) is 10.2. The van der Waals surface area contributed by atoms with Crippen LogP contribution in [0.4, 0.5) is 5.13 Å². The average molecular weight is 508 g/mol. The lowest BCUT2D eigenvalue weighted by molar-refractivity contribution is -0.117. The fourth-order valence-corrected chi connectivity index (χ4v) is 6.13. The lowest BCUT2D eigenvalue weighted by atomic mass is 9.95. The molecule has 1 aliphatic rings. The number of hydrogen-bond donors (Lipinski definition) is 2. The van der Waals surface area contributed by atoms with Gasteiger partial charge >= 0.3 is 0 Å². The van der Waals surface area contributed by atoms with Crippen LogP contribution in [0.25, 0.3) is 0 Å². The molecule has 0 aliphatic carbocycles. The molecule has 170 valence electrons. The van der Waals surface area contributed by atoms with Gasteiger partial charge in [-0.05, 0) is 34.7 Å². The van der Waals surface area contributed by atoms with Crippen molar-refractivity contribution >= 4 is 51.3 Å². The predicted molar refractivity (Wildman–Crippen MR) is 133 cm³/mol. The maximum Gasteiger partial charge on any atom is 0.296 e. The molecule has 0 bridgehead atoms. The summed E-state index contributed by atoms with van der Waals surface area (Å²) < 4.78 is 0.661. The van der Waals surface area contributed by atoms with Crippen molar-refractivity contribution in [3.8, 4) is 5.75 Å². The molecule has 1 amide bonds. The van der Waals surface area contributed by atoms with Crippen LogP contribution in [0.2, 0.25) is 0 Å². The molecule has 0 saturated carbocycles. The Morgan fingerprint density at radius 2 is 1.76 bits per heavy atom. The molecule has 1 atom stereocenters. The van der Waals surface area contributed by atoms with E-state index in [-0.39, 0.29) is 16.5 Å². The summed E-state index contributed by atoms with van der Waals surface area (Å²) in [6, 6.07) is 18.6. The van der Waals surface area contributed by atoms with Gasteiger partial charge in [0.25, 0.3) is 5.91 Å². The Morgan fingerprint density at radius 1 is 1.00 bits per heavy atom. The number of aromatic hydroxyl groups is 1. The number of phenols is 1. The summed E-state index contributed by atoms with van der Waals surface area (Å²) in [7, 11) is 0. The van der Waals surface area contributed by atoms with E-state index < -0.39 is 23.5 Å². The van der Waals surface area contributed by atoms with E-state index in [0.29, 0.717) is 20.5 Å². The third-order valence-corrected chi connectivity index (χ3v) is 8.21. The number of aliphatic hydroxyl groups excluding tert-OH is 1. The zero-order valence-corrected chi connectivity index (χ0v) is 19.9. The number of benzene rings is 2. The summed E-state index contributed by atoms with van der Waals surface area (Å²) >= 11 is 3.94. The molecule has 7 nitrogen and oxygen atoms in total. The number of thioether (sulfide) groups is 1. The molecule has 4 aromatic rings. The third-order valence-electron chi connectivity index (χ3n) is 5.21. The number of nitrogens with zero attached hydrogens (tertiary/aromatic N) is 3. The van der Waals surface area contributed by atoms with Gasteiger partial charge in [-0.3, -0.25) is 14.5 Å². The Balaban J connectivity index is 1.50. The molecule has 0 fully saturated rings. The summed E-state index contributed by atoms with van der Waals surface area (Å²) in [5.74, 6) is -1.01. The van der Waals surface area contributed by atoms with E-state index in [0.717, 1.165) is 5.56 Å². The van der Waals surface area contributed by atoms with Crippen LogP contribution in [0.5, 0.6) is 5.75 Å². The van der Waals surface area contributed by atoms with E-state index >= 15 is 0 Å². The Morgan fingerprint density at radius 3 is 2.47 bits per heavy atom. The van der Waals surface area contributed by atoms with Crippen LogP contribution >= 0.6 is 34.4 Å². The molecular formula is C24H17N3O4S3. The molecule has 0 saturated heterocycles. The van der Waals surface area contributed by atoms with Crippen molar-refractivity contribution in [2.45, 2.75) is 16.1 Å². The number of aliphatic hydroxyl groups is 1. The van der Waals surface area contributed by atoms with Crippen LogP contribution < -0.4 is 4.90 Å². The number of ketones is 1. The van der Waals surface area contributed by atoms with E-state index in [1.165, 1.54) is 51.5 Å².